The normalized spacial score (nSPS) is 11.4. The second-order valence-electron chi connectivity index (χ2n) is 6.15. The van der Waals surface area contributed by atoms with Gasteiger partial charge < -0.3 is 9.88 Å². The fourth-order valence-corrected chi connectivity index (χ4v) is 2.89. The molecule has 0 unspecified atom stereocenters. The number of nitrogens with zero attached hydrogens (tertiary/aromatic N) is 2. The Morgan fingerprint density at radius 1 is 1.21 bits per heavy atom. The molecule has 0 aliphatic heterocycles. The van der Waals surface area contributed by atoms with Crippen LogP contribution in [-0.2, 0) is 12.7 Å². The Hall–Kier alpha value is -3.69. The molecule has 10 heteroatoms. The number of nitro benzene ring substituents is 1. The summed E-state index contributed by atoms with van der Waals surface area (Å²) in [6.07, 6.45) is -3.39. The zero-order valence-electron chi connectivity index (χ0n) is 15.0. The smallest absolute Gasteiger partial charge is 0.347 e. The van der Waals surface area contributed by atoms with E-state index in [1.165, 1.54) is 35.0 Å². The number of hydrogen-bond acceptors (Lipinski definition) is 4. The minimum atomic E-state index is -4.64. The number of alkyl halides is 3. The van der Waals surface area contributed by atoms with E-state index in [1.807, 2.05) is 0 Å². The SMILES string of the molecule is CCn1cc(C(=O)Nc2cccc([N+](=O)[O-])c2)c(=O)c2cc(C(F)(F)F)ccc21. The maximum Gasteiger partial charge on any atom is 0.416 e. The van der Waals surface area contributed by atoms with Gasteiger partial charge in [-0.3, -0.25) is 19.7 Å². The van der Waals surface area contributed by atoms with Gasteiger partial charge in [-0.2, -0.15) is 13.2 Å². The predicted octanol–water partition coefficient (Wildman–Crippen LogP) is 4.20. The van der Waals surface area contributed by atoms with Gasteiger partial charge in [0.15, 0.2) is 0 Å². The van der Waals surface area contributed by atoms with Crippen LogP contribution in [0.15, 0.2) is 53.5 Å². The number of benzene rings is 2. The van der Waals surface area contributed by atoms with Crippen molar-refractivity contribution in [2.75, 3.05) is 5.32 Å². The van der Waals surface area contributed by atoms with Crippen molar-refractivity contribution >= 4 is 28.2 Å². The summed E-state index contributed by atoms with van der Waals surface area (Å²) >= 11 is 0. The van der Waals surface area contributed by atoms with Crippen LogP contribution in [0, 0.1) is 10.1 Å². The fourth-order valence-electron chi connectivity index (χ4n) is 2.89. The Morgan fingerprint density at radius 2 is 1.93 bits per heavy atom. The highest BCUT2D eigenvalue weighted by Crippen LogP contribution is 2.31. The van der Waals surface area contributed by atoms with E-state index in [-0.39, 0.29) is 27.8 Å². The van der Waals surface area contributed by atoms with Crippen molar-refractivity contribution < 1.29 is 22.9 Å². The lowest BCUT2D eigenvalue weighted by atomic mass is 10.1. The number of halogens is 3. The van der Waals surface area contributed by atoms with E-state index in [9.17, 15) is 32.9 Å². The van der Waals surface area contributed by atoms with E-state index in [2.05, 4.69) is 5.32 Å². The number of anilines is 1. The van der Waals surface area contributed by atoms with Crippen molar-refractivity contribution in [1.82, 2.24) is 4.57 Å². The lowest BCUT2D eigenvalue weighted by Gasteiger charge is -2.14. The Labute approximate surface area is 161 Å². The number of carbonyl (C=O) groups is 1. The highest BCUT2D eigenvalue weighted by Gasteiger charge is 2.31. The van der Waals surface area contributed by atoms with Gasteiger partial charge in [0.2, 0.25) is 5.43 Å². The molecule has 150 valence electrons. The number of rotatable bonds is 4. The summed E-state index contributed by atoms with van der Waals surface area (Å²) < 4.78 is 40.6. The van der Waals surface area contributed by atoms with Crippen LogP contribution in [-0.4, -0.2) is 15.4 Å². The summed E-state index contributed by atoms with van der Waals surface area (Å²) in [5, 5.41) is 13.0. The summed E-state index contributed by atoms with van der Waals surface area (Å²) in [5.41, 5.74) is -2.15. The Balaban J connectivity index is 2.10. The van der Waals surface area contributed by atoms with Gasteiger partial charge in [0.25, 0.3) is 11.6 Å². The summed E-state index contributed by atoms with van der Waals surface area (Å²) in [6, 6.07) is 7.86. The van der Waals surface area contributed by atoms with Gasteiger partial charge >= 0.3 is 6.18 Å². The molecule has 0 spiro atoms. The van der Waals surface area contributed by atoms with Gasteiger partial charge in [-0.15, -0.1) is 0 Å². The molecule has 2 aromatic carbocycles. The van der Waals surface area contributed by atoms with Crippen molar-refractivity contribution in [3.05, 3.63) is 80.1 Å². The molecule has 29 heavy (non-hydrogen) atoms. The van der Waals surface area contributed by atoms with Gasteiger partial charge in [-0.25, -0.2) is 0 Å². The van der Waals surface area contributed by atoms with Crippen LogP contribution in [0.25, 0.3) is 10.9 Å². The largest absolute Gasteiger partial charge is 0.416 e. The highest BCUT2D eigenvalue weighted by molar-refractivity contribution is 6.05. The maximum atomic E-state index is 13.0. The van der Waals surface area contributed by atoms with E-state index < -0.39 is 28.0 Å². The summed E-state index contributed by atoms with van der Waals surface area (Å²) in [5.74, 6) is -0.878. The summed E-state index contributed by atoms with van der Waals surface area (Å²) in [7, 11) is 0. The third kappa shape index (κ3) is 3.96. The standard InChI is InChI=1S/C19H14F3N3O4/c1-2-24-10-15(18(27)23-12-4-3-5-13(9-12)25(28)29)17(26)14-8-11(19(20,21)22)6-7-16(14)24/h3-10H,2H2,1H3,(H,23,27). The molecule has 1 aromatic heterocycles. The lowest BCUT2D eigenvalue weighted by molar-refractivity contribution is -0.384. The Morgan fingerprint density at radius 3 is 2.55 bits per heavy atom. The number of fused-ring (bicyclic) bond motifs is 1. The molecule has 0 radical (unpaired) electrons. The number of non-ortho nitro benzene ring substituents is 1. The van der Waals surface area contributed by atoms with Gasteiger partial charge in [0.1, 0.15) is 5.56 Å². The van der Waals surface area contributed by atoms with E-state index in [4.69, 9.17) is 0 Å². The van der Waals surface area contributed by atoms with Crippen molar-refractivity contribution in [3.8, 4) is 0 Å². The van der Waals surface area contributed by atoms with Crippen LogP contribution in [0.2, 0.25) is 0 Å². The zero-order chi connectivity index (χ0) is 21.3. The van der Waals surface area contributed by atoms with Crippen LogP contribution in [0.4, 0.5) is 24.5 Å². The van der Waals surface area contributed by atoms with Crippen LogP contribution >= 0.6 is 0 Å². The monoisotopic (exact) mass is 405 g/mol. The van der Waals surface area contributed by atoms with Gasteiger partial charge in [0.05, 0.1) is 16.0 Å². The van der Waals surface area contributed by atoms with Crippen LogP contribution < -0.4 is 10.7 Å². The molecule has 7 nitrogen and oxygen atoms in total. The fraction of sp³-hybridized carbons (Fsp3) is 0.158. The number of aromatic nitrogens is 1. The van der Waals surface area contributed by atoms with Crippen LogP contribution in [0.1, 0.15) is 22.8 Å². The molecule has 0 saturated carbocycles. The molecule has 3 rings (SSSR count). The summed E-state index contributed by atoms with van der Waals surface area (Å²) in [6.45, 7) is 2.02. The van der Waals surface area contributed by atoms with E-state index in [0.717, 1.165) is 12.1 Å². The Kier molecular flexibility index (Phi) is 5.10. The van der Waals surface area contributed by atoms with Crippen molar-refractivity contribution in [3.63, 3.8) is 0 Å². The van der Waals surface area contributed by atoms with Gasteiger partial charge in [0, 0.05) is 35.9 Å². The quantitative estimate of drug-likeness (QED) is 0.520. The maximum absolute atomic E-state index is 13.0. The molecule has 1 N–H and O–H groups in total. The highest BCUT2D eigenvalue weighted by atomic mass is 19.4. The van der Waals surface area contributed by atoms with Gasteiger partial charge in [-0.05, 0) is 31.2 Å². The minimum absolute atomic E-state index is 0.0794. The third-order valence-electron chi connectivity index (χ3n) is 4.31. The molecule has 0 aliphatic rings. The first-order valence-corrected chi connectivity index (χ1v) is 8.42. The first-order chi connectivity index (χ1) is 13.6. The average molecular weight is 405 g/mol. The molecule has 1 heterocycles. The lowest BCUT2D eigenvalue weighted by Crippen LogP contribution is -2.24. The van der Waals surface area contributed by atoms with E-state index >= 15 is 0 Å². The number of nitro groups is 1. The van der Waals surface area contributed by atoms with Gasteiger partial charge in [-0.1, -0.05) is 6.07 Å². The van der Waals surface area contributed by atoms with E-state index in [1.54, 1.807) is 6.92 Å². The predicted molar refractivity (Wildman–Crippen MR) is 99.9 cm³/mol. The van der Waals surface area contributed by atoms with Crippen molar-refractivity contribution in [2.45, 2.75) is 19.6 Å². The number of carbonyl (C=O) groups excluding carboxylic acids is 1. The number of aryl methyl sites for hydroxylation is 1. The second kappa shape index (κ2) is 7.38. The summed E-state index contributed by atoms with van der Waals surface area (Å²) in [4.78, 5) is 35.5. The van der Waals surface area contributed by atoms with Crippen molar-refractivity contribution in [1.29, 1.82) is 0 Å². The number of amides is 1. The Bertz CT molecular complexity index is 1190. The molecular weight excluding hydrogens is 391 g/mol. The minimum Gasteiger partial charge on any atom is -0.347 e. The number of pyridine rings is 1. The first-order valence-electron chi connectivity index (χ1n) is 8.42. The average Bonchev–Trinajstić information content (AvgIpc) is 2.67. The molecule has 0 atom stereocenters. The number of hydrogen-bond donors (Lipinski definition) is 1. The molecule has 0 aliphatic carbocycles. The zero-order valence-corrected chi connectivity index (χ0v) is 15.0. The molecule has 0 bridgehead atoms. The van der Waals surface area contributed by atoms with Crippen molar-refractivity contribution in [2.24, 2.45) is 0 Å². The van der Waals surface area contributed by atoms with E-state index in [0.29, 0.717) is 12.6 Å². The third-order valence-corrected chi connectivity index (χ3v) is 4.31. The molecular formula is C19H14F3N3O4. The molecule has 0 fully saturated rings. The first kappa shape index (κ1) is 20.1. The molecule has 1 amide bonds. The molecule has 0 saturated heterocycles. The van der Waals surface area contributed by atoms with Crippen LogP contribution in [0.3, 0.4) is 0 Å². The van der Waals surface area contributed by atoms with Crippen LogP contribution in [0.5, 0.6) is 0 Å². The molecule has 3 aromatic rings. The topological polar surface area (TPSA) is 94.2 Å². The number of nitrogens with one attached hydrogen (secondary N) is 1. The second-order valence-corrected chi connectivity index (χ2v) is 6.15.